The van der Waals surface area contributed by atoms with E-state index >= 15 is 0 Å². The molecule has 2 aromatic rings. The molecule has 2 rings (SSSR count). The van der Waals surface area contributed by atoms with Gasteiger partial charge in [-0.05, 0) is 72.2 Å². The first-order valence-corrected chi connectivity index (χ1v) is 7.28. The summed E-state index contributed by atoms with van der Waals surface area (Å²) in [5.41, 5.74) is 1.03. The fourth-order valence-corrected chi connectivity index (χ4v) is 2.20. The summed E-state index contributed by atoms with van der Waals surface area (Å²) in [6.07, 6.45) is 0.0557. The molecule has 1 N–H and O–H groups in total. The Balaban J connectivity index is 2.12. The van der Waals surface area contributed by atoms with Gasteiger partial charge in [0, 0.05) is 11.3 Å². The second-order valence-corrected chi connectivity index (χ2v) is 5.63. The Kier molecular flexibility index (Phi) is 4.96. The fraction of sp³-hybridized carbons (Fsp3) is 0.188. The van der Waals surface area contributed by atoms with Crippen molar-refractivity contribution < 1.29 is 13.9 Å². The van der Waals surface area contributed by atoms with Crippen molar-refractivity contribution in [2.75, 3.05) is 5.32 Å². The van der Waals surface area contributed by atoms with Crippen LogP contribution in [0.25, 0.3) is 0 Å². The van der Waals surface area contributed by atoms with Crippen molar-refractivity contribution >= 4 is 27.5 Å². The molecule has 0 saturated carbocycles. The number of hydrogen-bond donors (Lipinski definition) is 1. The molecule has 0 aliphatic heterocycles. The van der Waals surface area contributed by atoms with Crippen molar-refractivity contribution in [3.8, 4) is 5.75 Å². The van der Waals surface area contributed by atoms with Gasteiger partial charge in [-0.2, -0.15) is 0 Å². The summed E-state index contributed by atoms with van der Waals surface area (Å²) >= 11 is 3.38. The molecule has 0 bridgehead atoms. The first-order chi connectivity index (χ1) is 9.95. The van der Waals surface area contributed by atoms with Crippen LogP contribution in [0.2, 0.25) is 0 Å². The van der Waals surface area contributed by atoms with Crippen LogP contribution in [-0.4, -0.2) is 12.0 Å². The number of ether oxygens (including phenoxy) is 1. The van der Waals surface area contributed by atoms with Gasteiger partial charge in [0.2, 0.25) is 0 Å². The van der Waals surface area contributed by atoms with E-state index in [1.54, 1.807) is 18.2 Å². The summed E-state index contributed by atoms with van der Waals surface area (Å²) in [4.78, 5) is 12.1. The summed E-state index contributed by atoms with van der Waals surface area (Å²) in [5.74, 6) is 0.0765. The summed E-state index contributed by atoms with van der Waals surface area (Å²) in [7, 11) is 0. The first-order valence-electron chi connectivity index (χ1n) is 6.49. The molecule has 0 saturated heterocycles. The van der Waals surface area contributed by atoms with Crippen LogP contribution in [0.5, 0.6) is 5.75 Å². The number of benzene rings is 2. The molecule has 0 radical (unpaired) electrons. The van der Waals surface area contributed by atoms with Gasteiger partial charge in [-0.1, -0.05) is 0 Å². The quantitative estimate of drug-likeness (QED) is 0.872. The number of rotatable bonds is 4. The van der Waals surface area contributed by atoms with Crippen molar-refractivity contribution in [3.05, 3.63) is 58.3 Å². The average molecular weight is 352 g/mol. The maximum atomic E-state index is 12.8. The van der Waals surface area contributed by atoms with Gasteiger partial charge in [-0.25, -0.2) is 4.39 Å². The van der Waals surface area contributed by atoms with E-state index in [4.69, 9.17) is 4.74 Å². The second-order valence-electron chi connectivity index (χ2n) is 4.77. The zero-order valence-corrected chi connectivity index (χ0v) is 13.3. The molecule has 5 heteroatoms. The number of nitrogens with one attached hydrogen (secondary N) is 1. The van der Waals surface area contributed by atoms with Crippen molar-refractivity contribution in [1.29, 1.82) is 0 Å². The predicted octanol–water partition coefficient (Wildman–Crippen LogP) is 4.63. The molecule has 0 heterocycles. The van der Waals surface area contributed by atoms with Crippen LogP contribution in [0.1, 0.15) is 24.2 Å². The van der Waals surface area contributed by atoms with E-state index < -0.39 is 0 Å². The van der Waals surface area contributed by atoms with Crippen LogP contribution < -0.4 is 10.1 Å². The Morgan fingerprint density at radius 2 is 1.86 bits per heavy atom. The minimum absolute atomic E-state index is 0.0557. The Bertz CT molecular complexity index is 641. The van der Waals surface area contributed by atoms with Crippen LogP contribution in [0.3, 0.4) is 0 Å². The summed E-state index contributed by atoms with van der Waals surface area (Å²) in [5, 5.41) is 2.71. The Labute approximate surface area is 131 Å². The normalized spacial score (nSPS) is 10.5. The predicted molar refractivity (Wildman–Crippen MR) is 84.3 cm³/mol. The summed E-state index contributed by atoms with van der Waals surface area (Å²) in [6.45, 7) is 3.86. The maximum absolute atomic E-state index is 12.8. The molecule has 0 unspecified atom stereocenters. The number of hydrogen-bond acceptors (Lipinski definition) is 2. The topological polar surface area (TPSA) is 38.3 Å². The lowest BCUT2D eigenvalue weighted by molar-refractivity contribution is 0.102. The Hall–Kier alpha value is -1.88. The monoisotopic (exact) mass is 351 g/mol. The van der Waals surface area contributed by atoms with Crippen molar-refractivity contribution in [2.24, 2.45) is 0 Å². The maximum Gasteiger partial charge on any atom is 0.255 e. The van der Waals surface area contributed by atoms with Crippen molar-refractivity contribution in [3.63, 3.8) is 0 Å². The molecule has 0 aliphatic carbocycles. The lowest BCUT2D eigenvalue weighted by Gasteiger charge is -2.12. The van der Waals surface area contributed by atoms with Gasteiger partial charge in [0.25, 0.3) is 5.91 Å². The lowest BCUT2D eigenvalue weighted by atomic mass is 10.2. The highest BCUT2D eigenvalue weighted by atomic mass is 79.9. The molecule has 3 nitrogen and oxygen atoms in total. The van der Waals surface area contributed by atoms with Crippen LogP contribution in [-0.2, 0) is 0 Å². The Morgan fingerprint density at radius 1 is 1.19 bits per heavy atom. The summed E-state index contributed by atoms with van der Waals surface area (Å²) in [6, 6.07) is 10.7. The molecular weight excluding hydrogens is 337 g/mol. The first kappa shape index (κ1) is 15.5. The number of amides is 1. The van der Waals surface area contributed by atoms with Gasteiger partial charge < -0.3 is 10.1 Å². The van der Waals surface area contributed by atoms with E-state index in [0.29, 0.717) is 21.5 Å². The highest BCUT2D eigenvalue weighted by Gasteiger charge is 2.10. The van der Waals surface area contributed by atoms with Crippen LogP contribution in [0, 0.1) is 5.82 Å². The summed E-state index contributed by atoms with van der Waals surface area (Å²) < 4.78 is 19.1. The van der Waals surface area contributed by atoms with E-state index in [-0.39, 0.29) is 17.8 Å². The zero-order valence-electron chi connectivity index (χ0n) is 11.7. The third kappa shape index (κ3) is 4.29. The second kappa shape index (κ2) is 6.72. The van der Waals surface area contributed by atoms with Crippen LogP contribution in [0.15, 0.2) is 46.9 Å². The van der Waals surface area contributed by atoms with Gasteiger partial charge >= 0.3 is 0 Å². The Morgan fingerprint density at radius 3 is 2.43 bits per heavy atom. The molecule has 2 aromatic carbocycles. The SMILES string of the molecule is CC(C)Oc1ccc(C(=O)Nc2ccc(F)cc2)cc1Br. The fourth-order valence-electron chi connectivity index (χ4n) is 1.73. The van der Waals surface area contributed by atoms with E-state index in [1.165, 1.54) is 24.3 Å². The molecule has 1 amide bonds. The molecule has 0 spiro atoms. The minimum atomic E-state index is -0.342. The molecule has 21 heavy (non-hydrogen) atoms. The molecule has 0 fully saturated rings. The van der Waals surface area contributed by atoms with E-state index in [2.05, 4.69) is 21.2 Å². The van der Waals surface area contributed by atoms with Gasteiger partial charge in [0.1, 0.15) is 11.6 Å². The van der Waals surface area contributed by atoms with Gasteiger partial charge in [0.05, 0.1) is 10.6 Å². The van der Waals surface area contributed by atoms with Gasteiger partial charge in [-0.15, -0.1) is 0 Å². The molecule has 0 aliphatic rings. The third-order valence-corrected chi connectivity index (χ3v) is 3.28. The van der Waals surface area contributed by atoms with E-state index in [1.807, 2.05) is 13.8 Å². The number of anilines is 1. The van der Waals surface area contributed by atoms with Crippen LogP contribution >= 0.6 is 15.9 Å². The van der Waals surface area contributed by atoms with Crippen molar-refractivity contribution in [2.45, 2.75) is 20.0 Å². The molecule has 0 atom stereocenters. The largest absolute Gasteiger partial charge is 0.490 e. The zero-order chi connectivity index (χ0) is 15.4. The number of carbonyl (C=O) groups is 1. The minimum Gasteiger partial charge on any atom is -0.490 e. The van der Waals surface area contributed by atoms with Gasteiger partial charge in [0.15, 0.2) is 0 Å². The van der Waals surface area contributed by atoms with E-state index in [9.17, 15) is 9.18 Å². The number of halogens is 2. The van der Waals surface area contributed by atoms with Crippen LogP contribution in [0.4, 0.5) is 10.1 Å². The lowest BCUT2D eigenvalue weighted by Crippen LogP contribution is -2.12. The van der Waals surface area contributed by atoms with Gasteiger partial charge in [-0.3, -0.25) is 4.79 Å². The third-order valence-electron chi connectivity index (χ3n) is 2.66. The molecular formula is C16H15BrFNO2. The smallest absolute Gasteiger partial charge is 0.255 e. The average Bonchev–Trinajstić information content (AvgIpc) is 2.43. The standard InChI is InChI=1S/C16H15BrFNO2/c1-10(2)21-15-8-3-11(9-14(15)17)16(20)19-13-6-4-12(18)5-7-13/h3-10H,1-2H3,(H,19,20). The molecule has 0 aromatic heterocycles. The van der Waals surface area contributed by atoms with Crippen molar-refractivity contribution in [1.82, 2.24) is 0 Å². The molecule has 110 valence electrons. The highest BCUT2D eigenvalue weighted by molar-refractivity contribution is 9.10. The highest BCUT2D eigenvalue weighted by Crippen LogP contribution is 2.27. The number of carbonyl (C=O) groups excluding carboxylic acids is 1. The van der Waals surface area contributed by atoms with E-state index in [0.717, 1.165) is 0 Å².